The average Bonchev–Trinajstić information content (AvgIpc) is 2.84. The Morgan fingerprint density at radius 1 is 0.967 bits per heavy atom. The standard InChI is InChI=1S/C24H23N3O2S/c1-4-27-20-14-17(25-24(29)26-19-11-9-15(2)13-16(19)3)10-12-22(20)30-21-8-6-5-7-18(21)23(27)28/h5-14H,4H2,1-3H3,(H2,25,26,29). The van der Waals surface area contributed by atoms with Crippen molar-refractivity contribution in [2.45, 2.75) is 30.6 Å². The molecule has 0 aliphatic carbocycles. The lowest BCUT2D eigenvalue weighted by molar-refractivity contribution is 0.0985. The average molecular weight is 418 g/mol. The van der Waals surface area contributed by atoms with Crippen LogP contribution in [0.1, 0.15) is 28.4 Å². The molecule has 0 aromatic heterocycles. The zero-order valence-corrected chi connectivity index (χ0v) is 18.0. The number of nitrogens with zero attached hydrogens (tertiary/aromatic N) is 1. The fraction of sp³-hybridized carbons (Fsp3) is 0.167. The molecule has 0 bridgehead atoms. The number of rotatable bonds is 3. The smallest absolute Gasteiger partial charge is 0.308 e. The van der Waals surface area contributed by atoms with Gasteiger partial charge in [-0.3, -0.25) is 4.79 Å². The van der Waals surface area contributed by atoms with Crippen molar-refractivity contribution in [2.24, 2.45) is 0 Å². The maximum Gasteiger partial charge on any atom is 0.323 e. The van der Waals surface area contributed by atoms with E-state index in [0.717, 1.165) is 32.3 Å². The molecule has 0 unspecified atom stereocenters. The van der Waals surface area contributed by atoms with E-state index in [9.17, 15) is 9.59 Å². The normalized spacial score (nSPS) is 12.6. The Labute approximate surface area is 180 Å². The molecule has 2 N–H and O–H groups in total. The van der Waals surface area contributed by atoms with Crippen molar-refractivity contribution in [2.75, 3.05) is 22.1 Å². The first-order valence-corrected chi connectivity index (χ1v) is 10.7. The molecule has 0 saturated carbocycles. The molecule has 30 heavy (non-hydrogen) atoms. The summed E-state index contributed by atoms with van der Waals surface area (Å²) in [6.07, 6.45) is 0. The molecular weight excluding hydrogens is 394 g/mol. The summed E-state index contributed by atoms with van der Waals surface area (Å²) in [4.78, 5) is 29.3. The van der Waals surface area contributed by atoms with Gasteiger partial charge in [0.05, 0.1) is 11.3 Å². The Balaban J connectivity index is 1.60. The topological polar surface area (TPSA) is 61.4 Å². The van der Waals surface area contributed by atoms with Gasteiger partial charge in [0.25, 0.3) is 5.91 Å². The number of hydrogen-bond donors (Lipinski definition) is 2. The molecule has 1 aliphatic rings. The number of carbonyl (C=O) groups excluding carboxylic acids is 2. The summed E-state index contributed by atoms with van der Waals surface area (Å²) in [7, 11) is 0. The number of fused-ring (bicyclic) bond motifs is 2. The molecule has 0 fully saturated rings. The summed E-state index contributed by atoms with van der Waals surface area (Å²) >= 11 is 1.57. The van der Waals surface area contributed by atoms with Gasteiger partial charge in [-0.25, -0.2) is 4.79 Å². The quantitative estimate of drug-likeness (QED) is 0.543. The van der Waals surface area contributed by atoms with Gasteiger partial charge < -0.3 is 15.5 Å². The number of benzene rings is 3. The molecule has 3 aromatic rings. The van der Waals surface area contributed by atoms with Crippen molar-refractivity contribution in [3.63, 3.8) is 0 Å². The van der Waals surface area contributed by atoms with Crippen molar-refractivity contribution in [3.8, 4) is 0 Å². The highest BCUT2D eigenvalue weighted by atomic mass is 32.2. The molecule has 3 amide bonds. The molecule has 4 rings (SSSR count). The summed E-state index contributed by atoms with van der Waals surface area (Å²) in [5, 5.41) is 5.78. The molecule has 0 atom stereocenters. The maximum atomic E-state index is 13.1. The number of amides is 3. The van der Waals surface area contributed by atoms with Gasteiger partial charge in [-0.05, 0) is 62.7 Å². The molecule has 3 aromatic carbocycles. The van der Waals surface area contributed by atoms with E-state index in [1.54, 1.807) is 16.7 Å². The van der Waals surface area contributed by atoms with Gasteiger partial charge in [-0.2, -0.15) is 0 Å². The van der Waals surface area contributed by atoms with Gasteiger partial charge in [0, 0.05) is 27.7 Å². The third kappa shape index (κ3) is 3.91. The second-order valence-electron chi connectivity index (χ2n) is 7.23. The van der Waals surface area contributed by atoms with E-state index < -0.39 is 0 Å². The molecule has 152 valence electrons. The second-order valence-corrected chi connectivity index (χ2v) is 8.31. The lowest BCUT2D eigenvalue weighted by atomic mass is 10.1. The minimum atomic E-state index is -0.319. The third-order valence-electron chi connectivity index (χ3n) is 5.04. The van der Waals surface area contributed by atoms with Crippen LogP contribution in [0.15, 0.2) is 70.5 Å². The van der Waals surface area contributed by atoms with E-state index in [2.05, 4.69) is 10.6 Å². The lowest BCUT2D eigenvalue weighted by Gasteiger charge is -2.22. The fourth-order valence-electron chi connectivity index (χ4n) is 3.55. The van der Waals surface area contributed by atoms with Crippen molar-refractivity contribution in [3.05, 3.63) is 77.4 Å². The van der Waals surface area contributed by atoms with Crippen LogP contribution in [0.25, 0.3) is 0 Å². The van der Waals surface area contributed by atoms with Gasteiger partial charge in [0.15, 0.2) is 0 Å². The first-order chi connectivity index (χ1) is 14.5. The summed E-state index contributed by atoms with van der Waals surface area (Å²) in [6.45, 7) is 6.47. The number of anilines is 3. The van der Waals surface area contributed by atoms with Gasteiger partial charge >= 0.3 is 6.03 Å². The molecule has 1 heterocycles. The van der Waals surface area contributed by atoms with Gasteiger partial charge in [0.2, 0.25) is 0 Å². The SMILES string of the molecule is CCN1C(=O)c2ccccc2Sc2ccc(NC(=O)Nc3ccc(C)cc3C)cc21. The Morgan fingerprint density at radius 2 is 1.77 bits per heavy atom. The van der Waals surface area contributed by atoms with Crippen LogP contribution in [0.2, 0.25) is 0 Å². The largest absolute Gasteiger partial charge is 0.323 e. The fourth-order valence-corrected chi connectivity index (χ4v) is 4.61. The van der Waals surface area contributed by atoms with Crippen LogP contribution in [0.3, 0.4) is 0 Å². The zero-order valence-electron chi connectivity index (χ0n) is 17.2. The zero-order chi connectivity index (χ0) is 21.3. The van der Waals surface area contributed by atoms with Crippen molar-refractivity contribution >= 4 is 40.8 Å². The van der Waals surface area contributed by atoms with Gasteiger partial charge in [0.1, 0.15) is 0 Å². The van der Waals surface area contributed by atoms with Crippen molar-refractivity contribution in [1.82, 2.24) is 0 Å². The lowest BCUT2D eigenvalue weighted by Crippen LogP contribution is -2.30. The highest BCUT2D eigenvalue weighted by Gasteiger charge is 2.26. The molecule has 0 radical (unpaired) electrons. The molecular formula is C24H23N3O2S. The Kier molecular flexibility index (Phi) is 5.50. The Hall–Kier alpha value is -3.25. The van der Waals surface area contributed by atoms with E-state index >= 15 is 0 Å². The predicted molar refractivity (Wildman–Crippen MR) is 123 cm³/mol. The van der Waals surface area contributed by atoms with Gasteiger partial charge in [-0.15, -0.1) is 0 Å². The number of hydrogen-bond acceptors (Lipinski definition) is 3. The first-order valence-electron chi connectivity index (χ1n) is 9.84. The van der Waals surface area contributed by atoms with Crippen LogP contribution >= 0.6 is 11.8 Å². The molecule has 5 nitrogen and oxygen atoms in total. The van der Waals surface area contributed by atoms with E-state index in [4.69, 9.17) is 0 Å². The number of aryl methyl sites for hydroxylation is 2. The Morgan fingerprint density at radius 3 is 2.53 bits per heavy atom. The van der Waals surface area contributed by atoms with Crippen LogP contribution < -0.4 is 15.5 Å². The minimum absolute atomic E-state index is 0.0313. The number of nitrogens with one attached hydrogen (secondary N) is 2. The number of urea groups is 1. The van der Waals surface area contributed by atoms with Crippen LogP contribution in [0, 0.1) is 13.8 Å². The third-order valence-corrected chi connectivity index (χ3v) is 6.18. The van der Waals surface area contributed by atoms with Crippen LogP contribution in [0.5, 0.6) is 0 Å². The number of carbonyl (C=O) groups is 2. The van der Waals surface area contributed by atoms with E-state index in [0.29, 0.717) is 17.8 Å². The summed E-state index contributed by atoms with van der Waals surface area (Å²) in [5.41, 5.74) is 5.05. The van der Waals surface area contributed by atoms with Gasteiger partial charge in [-0.1, -0.05) is 41.6 Å². The molecule has 1 aliphatic heterocycles. The molecule has 0 spiro atoms. The van der Waals surface area contributed by atoms with Crippen LogP contribution in [-0.2, 0) is 0 Å². The van der Waals surface area contributed by atoms with E-state index in [-0.39, 0.29) is 11.9 Å². The van der Waals surface area contributed by atoms with Crippen LogP contribution in [0.4, 0.5) is 21.9 Å². The highest BCUT2D eigenvalue weighted by Crippen LogP contribution is 2.42. The van der Waals surface area contributed by atoms with Crippen molar-refractivity contribution < 1.29 is 9.59 Å². The van der Waals surface area contributed by atoms with E-state index in [1.165, 1.54) is 0 Å². The van der Waals surface area contributed by atoms with Crippen LogP contribution in [-0.4, -0.2) is 18.5 Å². The molecule has 0 saturated heterocycles. The van der Waals surface area contributed by atoms with Crippen molar-refractivity contribution in [1.29, 1.82) is 0 Å². The maximum absolute atomic E-state index is 13.1. The predicted octanol–water partition coefficient (Wildman–Crippen LogP) is 6.08. The molecule has 6 heteroatoms. The first kappa shape index (κ1) is 20.0. The Bertz CT molecular complexity index is 1140. The monoisotopic (exact) mass is 417 g/mol. The highest BCUT2D eigenvalue weighted by molar-refractivity contribution is 7.99. The summed E-state index contributed by atoms with van der Waals surface area (Å²) in [6, 6.07) is 18.9. The second kappa shape index (κ2) is 8.24. The van der Waals surface area contributed by atoms with E-state index in [1.807, 2.05) is 81.4 Å². The summed E-state index contributed by atoms with van der Waals surface area (Å²) in [5.74, 6) is -0.0313. The summed E-state index contributed by atoms with van der Waals surface area (Å²) < 4.78 is 0. The minimum Gasteiger partial charge on any atom is -0.308 e.